The highest BCUT2D eigenvalue weighted by molar-refractivity contribution is 7.97. The van der Waals surface area contributed by atoms with Gasteiger partial charge in [-0.1, -0.05) is 29.8 Å². The van der Waals surface area contributed by atoms with Gasteiger partial charge < -0.3 is 9.80 Å². The van der Waals surface area contributed by atoms with Gasteiger partial charge in [-0.2, -0.15) is 5.26 Å². The minimum Gasteiger partial charge on any atom is -0.355 e. The Balaban J connectivity index is 1.44. The van der Waals surface area contributed by atoms with Crippen LogP contribution in [-0.4, -0.2) is 54.9 Å². The summed E-state index contributed by atoms with van der Waals surface area (Å²) in [4.78, 5) is 45.1. The van der Waals surface area contributed by atoms with Gasteiger partial charge in [0.05, 0.1) is 29.1 Å². The zero-order valence-electron chi connectivity index (χ0n) is 21.0. The highest BCUT2D eigenvalue weighted by atomic mass is 32.2. The molecule has 0 atom stereocenters. The van der Waals surface area contributed by atoms with Gasteiger partial charge in [0.1, 0.15) is 11.9 Å². The van der Waals surface area contributed by atoms with Gasteiger partial charge in [-0.15, -0.1) is 12.6 Å². The molecule has 0 radical (unpaired) electrons. The van der Waals surface area contributed by atoms with Crippen molar-refractivity contribution in [2.75, 3.05) is 24.5 Å². The fraction of sp³-hybridized carbons (Fsp3) is 0.423. The lowest BCUT2D eigenvalue weighted by Crippen LogP contribution is -2.43. The van der Waals surface area contributed by atoms with Gasteiger partial charge >= 0.3 is 0 Å². The van der Waals surface area contributed by atoms with E-state index in [1.54, 1.807) is 17.0 Å². The number of nitrogens with zero attached hydrogens (tertiary/aromatic N) is 4. The minimum atomic E-state index is -3.85. The molecule has 0 unspecified atom stereocenters. The average molecular weight is 556 g/mol. The Labute approximate surface area is 227 Å². The van der Waals surface area contributed by atoms with E-state index in [4.69, 9.17) is 0 Å². The summed E-state index contributed by atoms with van der Waals surface area (Å²) in [5.41, 5.74) is 2.36. The molecule has 2 aliphatic rings. The first-order valence-electron chi connectivity index (χ1n) is 12.4. The van der Waals surface area contributed by atoms with Crippen LogP contribution in [0.3, 0.4) is 0 Å². The number of likely N-dealkylation sites (tertiary alicyclic amines) is 1. The molecule has 1 N–H and O–H groups in total. The number of anilines is 1. The average Bonchev–Trinajstić information content (AvgIpc) is 3.28. The van der Waals surface area contributed by atoms with E-state index in [9.17, 15) is 28.1 Å². The van der Waals surface area contributed by atoms with Crippen LogP contribution in [0.1, 0.15) is 58.4 Å². The van der Waals surface area contributed by atoms with E-state index in [0.717, 1.165) is 12.0 Å². The number of thiol groups is 1. The number of nitriles is 1. The van der Waals surface area contributed by atoms with E-state index in [1.165, 1.54) is 6.07 Å². The summed E-state index contributed by atoms with van der Waals surface area (Å²) in [7, 11) is -3.85. The number of piperidine rings is 1. The monoisotopic (exact) mass is 555 g/mol. The van der Waals surface area contributed by atoms with Crippen molar-refractivity contribution in [3.8, 4) is 6.07 Å². The normalized spacial score (nSPS) is 16.4. The summed E-state index contributed by atoms with van der Waals surface area (Å²) in [6, 6.07) is 10.6. The summed E-state index contributed by atoms with van der Waals surface area (Å²) in [6.07, 6.45) is 1.92. The highest BCUT2D eigenvalue weighted by Crippen LogP contribution is 2.28. The maximum atomic E-state index is 12.8. The smallest absolute Gasteiger partial charge is 0.239 e. The topological polar surface area (TPSA) is 141 Å². The third-order valence-corrected chi connectivity index (χ3v) is 8.31. The molecule has 0 aliphatic carbocycles. The SMILES string of the molecule is Cc1ccc(CS(=O)(=O)NC(=O)C2CCN(c3nc(CN4CCCC4=O)c(C(=O)S)cc3C#N)CC2)cc1. The molecule has 2 aliphatic heterocycles. The number of carbonyl (C=O) groups excluding carboxylic acids is 3. The summed E-state index contributed by atoms with van der Waals surface area (Å²) >= 11 is 3.93. The zero-order valence-corrected chi connectivity index (χ0v) is 22.7. The van der Waals surface area contributed by atoms with Crippen LogP contribution in [0, 0.1) is 24.2 Å². The Morgan fingerprint density at radius 1 is 1.18 bits per heavy atom. The molecule has 0 spiro atoms. The fourth-order valence-electron chi connectivity index (χ4n) is 4.75. The predicted octanol–water partition coefficient (Wildman–Crippen LogP) is 2.32. The lowest BCUT2D eigenvalue weighted by molar-refractivity contribution is -0.128. The Hall–Kier alpha value is -3.43. The van der Waals surface area contributed by atoms with Crippen LogP contribution in [0.15, 0.2) is 30.3 Å². The molecule has 200 valence electrons. The number of rotatable bonds is 8. The van der Waals surface area contributed by atoms with Gasteiger partial charge in [-0.25, -0.2) is 13.4 Å². The number of hydrogen-bond acceptors (Lipinski definition) is 8. The zero-order chi connectivity index (χ0) is 27.4. The second-order valence-electron chi connectivity index (χ2n) is 9.66. The number of aryl methyl sites for hydroxylation is 1. The van der Waals surface area contributed by atoms with Crippen molar-refractivity contribution in [2.24, 2.45) is 5.92 Å². The molecule has 4 rings (SSSR count). The molecular weight excluding hydrogens is 526 g/mol. The van der Waals surface area contributed by atoms with Crippen LogP contribution in [0.4, 0.5) is 5.82 Å². The third kappa shape index (κ3) is 6.52. The van der Waals surface area contributed by atoms with Gasteiger partial charge in [0.2, 0.25) is 27.0 Å². The van der Waals surface area contributed by atoms with Crippen LogP contribution in [0.5, 0.6) is 0 Å². The summed E-state index contributed by atoms with van der Waals surface area (Å²) < 4.78 is 27.3. The lowest BCUT2D eigenvalue weighted by atomic mass is 9.96. The van der Waals surface area contributed by atoms with Crippen molar-refractivity contribution in [2.45, 2.75) is 44.9 Å². The quantitative estimate of drug-likeness (QED) is 0.473. The van der Waals surface area contributed by atoms with Crippen molar-refractivity contribution >= 4 is 45.4 Å². The molecule has 38 heavy (non-hydrogen) atoms. The number of benzene rings is 1. The second-order valence-corrected chi connectivity index (χ2v) is 11.8. The fourth-order valence-corrected chi connectivity index (χ4v) is 6.12. The Morgan fingerprint density at radius 2 is 1.87 bits per heavy atom. The van der Waals surface area contributed by atoms with Crippen LogP contribution in [0.2, 0.25) is 0 Å². The van der Waals surface area contributed by atoms with Crippen molar-refractivity contribution in [1.82, 2.24) is 14.6 Å². The van der Waals surface area contributed by atoms with E-state index in [-0.39, 0.29) is 29.3 Å². The van der Waals surface area contributed by atoms with E-state index in [0.29, 0.717) is 56.0 Å². The van der Waals surface area contributed by atoms with Crippen LogP contribution < -0.4 is 9.62 Å². The minimum absolute atomic E-state index is 0.0144. The standard InChI is InChI=1S/C26H29N5O5S2/c1-17-4-6-18(7-5-17)16-38(35,36)29-25(33)19-8-11-30(12-9-19)24-20(14-27)13-21(26(34)37)22(28-24)15-31-10-2-3-23(31)32/h4-7,13,19H,2-3,8-12,15-16H2,1H3,(H,29,33)(H,34,37). The molecule has 1 aromatic heterocycles. The highest BCUT2D eigenvalue weighted by Gasteiger charge is 2.31. The van der Waals surface area contributed by atoms with Crippen molar-refractivity contribution in [3.63, 3.8) is 0 Å². The summed E-state index contributed by atoms with van der Waals surface area (Å²) in [5, 5.41) is 9.19. The first-order chi connectivity index (χ1) is 18.1. The predicted molar refractivity (Wildman–Crippen MR) is 144 cm³/mol. The molecule has 3 heterocycles. The first kappa shape index (κ1) is 27.6. The molecular formula is C26H29N5O5S2. The lowest BCUT2D eigenvalue weighted by Gasteiger charge is -2.33. The summed E-state index contributed by atoms with van der Waals surface area (Å²) in [5.74, 6) is -0.983. The van der Waals surface area contributed by atoms with Crippen LogP contribution >= 0.6 is 12.6 Å². The van der Waals surface area contributed by atoms with E-state index in [2.05, 4.69) is 28.4 Å². The molecule has 12 heteroatoms. The number of aromatic nitrogens is 1. The molecule has 0 saturated carbocycles. The van der Waals surface area contributed by atoms with Crippen LogP contribution in [0.25, 0.3) is 0 Å². The van der Waals surface area contributed by atoms with Crippen LogP contribution in [-0.2, 0) is 31.9 Å². The Morgan fingerprint density at radius 3 is 2.45 bits per heavy atom. The Kier molecular flexibility index (Phi) is 8.38. The van der Waals surface area contributed by atoms with Gasteiger partial charge in [0, 0.05) is 32.0 Å². The molecule has 2 fully saturated rings. The number of sulfonamides is 1. The van der Waals surface area contributed by atoms with E-state index >= 15 is 0 Å². The first-order valence-corrected chi connectivity index (χ1v) is 14.5. The van der Waals surface area contributed by atoms with Gasteiger partial charge in [-0.3, -0.25) is 19.1 Å². The molecule has 0 bridgehead atoms. The maximum Gasteiger partial charge on any atom is 0.239 e. The number of pyridine rings is 1. The number of nitrogens with one attached hydrogen (secondary N) is 1. The molecule has 2 amide bonds. The number of hydrogen-bond donors (Lipinski definition) is 2. The Bertz CT molecular complexity index is 1390. The third-order valence-electron chi connectivity index (χ3n) is 6.84. The maximum absolute atomic E-state index is 12.8. The molecule has 1 aromatic carbocycles. The summed E-state index contributed by atoms with van der Waals surface area (Å²) in [6.45, 7) is 3.37. The van der Waals surface area contributed by atoms with Gasteiger partial charge in [0.15, 0.2) is 0 Å². The largest absolute Gasteiger partial charge is 0.355 e. The second kappa shape index (κ2) is 11.5. The molecule has 2 aromatic rings. The number of amides is 2. The molecule has 2 saturated heterocycles. The van der Waals surface area contributed by atoms with E-state index < -0.39 is 27.0 Å². The van der Waals surface area contributed by atoms with Crippen molar-refractivity contribution in [3.05, 3.63) is 58.3 Å². The van der Waals surface area contributed by atoms with Gasteiger partial charge in [0.25, 0.3) is 0 Å². The van der Waals surface area contributed by atoms with Gasteiger partial charge in [-0.05, 0) is 37.8 Å². The number of carbonyl (C=O) groups is 3. The molecule has 10 nitrogen and oxygen atoms in total. The van der Waals surface area contributed by atoms with Crippen molar-refractivity contribution in [1.29, 1.82) is 5.26 Å². The van der Waals surface area contributed by atoms with Crippen molar-refractivity contribution < 1.29 is 22.8 Å². The van der Waals surface area contributed by atoms with E-state index in [1.807, 2.05) is 24.0 Å².